The Morgan fingerprint density at radius 3 is 2.74 bits per heavy atom. The van der Waals surface area contributed by atoms with Crippen molar-refractivity contribution in [2.75, 3.05) is 27.3 Å². The number of nitrogens with one attached hydrogen (secondary N) is 1. The summed E-state index contributed by atoms with van der Waals surface area (Å²) in [6.07, 6.45) is 4.08. The molecular formula is C25H30N2O4. The number of hydrogen-bond donors (Lipinski definition) is 1. The second-order valence-electron chi connectivity index (χ2n) is 8.33. The first kappa shape index (κ1) is 21.2. The molecule has 164 valence electrons. The molecule has 1 aliphatic carbocycles. The molecule has 6 nitrogen and oxygen atoms in total. The van der Waals surface area contributed by atoms with E-state index in [2.05, 4.69) is 23.5 Å². The zero-order chi connectivity index (χ0) is 21.8. The summed E-state index contributed by atoms with van der Waals surface area (Å²) in [5.41, 5.74) is 3.60. The summed E-state index contributed by atoms with van der Waals surface area (Å²) in [6, 6.07) is 14.2. The summed E-state index contributed by atoms with van der Waals surface area (Å²) in [6.45, 7) is 1.07. The van der Waals surface area contributed by atoms with Crippen molar-refractivity contribution in [3.05, 3.63) is 59.2 Å². The van der Waals surface area contributed by atoms with E-state index in [0.717, 1.165) is 24.8 Å². The highest BCUT2D eigenvalue weighted by atomic mass is 16.5. The van der Waals surface area contributed by atoms with E-state index >= 15 is 0 Å². The lowest BCUT2D eigenvalue weighted by atomic mass is 9.87. The van der Waals surface area contributed by atoms with Crippen LogP contribution >= 0.6 is 0 Å². The van der Waals surface area contributed by atoms with Crippen molar-refractivity contribution in [1.29, 1.82) is 0 Å². The standard InChI is InChI=1S/C25H30N2O4/c1-30-22-11-10-17(14-23(22)31-2)12-13-27-16-19(15-24(27)28)25(29)26-21-9-5-7-18-6-3-4-8-20(18)21/h3-4,6,8,10-11,14,19,21H,5,7,9,12-13,15-16H2,1-2H3,(H,26,29)/t19-,21-/m0/s1. The van der Waals surface area contributed by atoms with Crippen LogP contribution in [0.1, 0.15) is 42.0 Å². The first-order chi connectivity index (χ1) is 15.1. The lowest BCUT2D eigenvalue weighted by molar-refractivity contribution is -0.129. The molecule has 1 heterocycles. The van der Waals surface area contributed by atoms with Gasteiger partial charge in [-0.3, -0.25) is 9.59 Å². The first-order valence-corrected chi connectivity index (χ1v) is 11.0. The third-order valence-corrected chi connectivity index (χ3v) is 6.39. The highest BCUT2D eigenvalue weighted by Gasteiger charge is 2.35. The van der Waals surface area contributed by atoms with Gasteiger partial charge >= 0.3 is 0 Å². The molecule has 6 heteroatoms. The SMILES string of the molecule is COc1ccc(CCN2C[C@@H](C(=O)N[C@H]3CCCc4ccccc43)CC2=O)cc1OC. The number of fused-ring (bicyclic) bond motifs is 1. The zero-order valence-corrected chi connectivity index (χ0v) is 18.2. The normalized spacial score (nSPS) is 20.3. The lowest BCUT2D eigenvalue weighted by Gasteiger charge is -2.27. The molecule has 2 aromatic rings. The van der Waals surface area contributed by atoms with Gasteiger partial charge in [0.15, 0.2) is 11.5 Å². The number of carbonyl (C=O) groups excluding carboxylic acids is 2. The maximum Gasteiger partial charge on any atom is 0.225 e. The molecule has 31 heavy (non-hydrogen) atoms. The summed E-state index contributed by atoms with van der Waals surface area (Å²) in [5, 5.41) is 3.21. The van der Waals surface area contributed by atoms with E-state index in [1.54, 1.807) is 19.1 Å². The number of ether oxygens (including phenoxy) is 2. The van der Waals surface area contributed by atoms with Crippen LogP contribution in [0.4, 0.5) is 0 Å². The Labute approximate surface area is 183 Å². The number of rotatable bonds is 7. The van der Waals surface area contributed by atoms with Crippen molar-refractivity contribution < 1.29 is 19.1 Å². The lowest BCUT2D eigenvalue weighted by Crippen LogP contribution is -2.37. The smallest absolute Gasteiger partial charge is 0.225 e. The number of nitrogens with zero attached hydrogens (tertiary/aromatic N) is 1. The predicted molar refractivity (Wildman–Crippen MR) is 118 cm³/mol. The fourth-order valence-corrected chi connectivity index (χ4v) is 4.66. The molecule has 0 spiro atoms. The van der Waals surface area contributed by atoms with E-state index in [1.807, 2.05) is 24.3 Å². The highest BCUT2D eigenvalue weighted by molar-refractivity contribution is 5.89. The molecule has 1 N–H and O–H groups in total. The van der Waals surface area contributed by atoms with E-state index in [4.69, 9.17) is 9.47 Å². The quantitative estimate of drug-likeness (QED) is 0.744. The van der Waals surface area contributed by atoms with Crippen LogP contribution in [0.2, 0.25) is 0 Å². The Hall–Kier alpha value is -3.02. The molecule has 0 radical (unpaired) electrons. The molecule has 4 rings (SSSR count). The van der Waals surface area contributed by atoms with Gasteiger partial charge in [0.05, 0.1) is 26.2 Å². The van der Waals surface area contributed by atoms with Crippen molar-refractivity contribution in [2.45, 2.75) is 38.1 Å². The molecule has 0 bridgehead atoms. The van der Waals surface area contributed by atoms with Crippen LogP contribution in [0.15, 0.2) is 42.5 Å². The topological polar surface area (TPSA) is 67.9 Å². The van der Waals surface area contributed by atoms with E-state index in [9.17, 15) is 9.59 Å². The van der Waals surface area contributed by atoms with Crippen molar-refractivity contribution in [3.8, 4) is 11.5 Å². The van der Waals surface area contributed by atoms with Crippen molar-refractivity contribution in [2.24, 2.45) is 5.92 Å². The third kappa shape index (κ3) is 4.68. The number of likely N-dealkylation sites (tertiary alicyclic amines) is 1. The summed E-state index contributed by atoms with van der Waals surface area (Å²) in [4.78, 5) is 27.2. The molecule has 2 aliphatic rings. The predicted octanol–water partition coefficient (Wildman–Crippen LogP) is 3.29. The first-order valence-electron chi connectivity index (χ1n) is 11.0. The fraction of sp³-hybridized carbons (Fsp3) is 0.440. The van der Waals surface area contributed by atoms with Crippen molar-refractivity contribution >= 4 is 11.8 Å². The Morgan fingerprint density at radius 1 is 1.13 bits per heavy atom. The van der Waals surface area contributed by atoms with Crippen LogP contribution < -0.4 is 14.8 Å². The minimum Gasteiger partial charge on any atom is -0.493 e. The Morgan fingerprint density at radius 2 is 1.94 bits per heavy atom. The molecule has 0 saturated carbocycles. The van der Waals surface area contributed by atoms with E-state index in [1.165, 1.54) is 11.1 Å². The van der Waals surface area contributed by atoms with Gasteiger partial charge in [0, 0.05) is 19.5 Å². The van der Waals surface area contributed by atoms with Crippen LogP contribution in [0.25, 0.3) is 0 Å². The van der Waals surface area contributed by atoms with Crippen LogP contribution in [-0.4, -0.2) is 44.0 Å². The highest BCUT2D eigenvalue weighted by Crippen LogP contribution is 2.31. The largest absolute Gasteiger partial charge is 0.493 e. The number of carbonyl (C=O) groups is 2. The molecule has 1 aliphatic heterocycles. The number of hydrogen-bond acceptors (Lipinski definition) is 4. The number of methoxy groups -OCH3 is 2. The van der Waals surface area contributed by atoms with E-state index in [-0.39, 0.29) is 30.2 Å². The van der Waals surface area contributed by atoms with Crippen molar-refractivity contribution in [3.63, 3.8) is 0 Å². The Bertz CT molecular complexity index is 958. The number of amides is 2. The second-order valence-corrected chi connectivity index (χ2v) is 8.33. The summed E-state index contributed by atoms with van der Waals surface area (Å²) < 4.78 is 10.6. The molecular weight excluding hydrogens is 392 g/mol. The van der Waals surface area contributed by atoms with Gasteiger partial charge < -0.3 is 19.7 Å². The van der Waals surface area contributed by atoms with Gasteiger partial charge in [-0.05, 0) is 54.5 Å². The number of benzene rings is 2. The van der Waals surface area contributed by atoms with Gasteiger partial charge in [-0.25, -0.2) is 0 Å². The zero-order valence-electron chi connectivity index (χ0n) is 18.2. The van der Waals surface area contributed by atoms with E-state index in [0.29, 0.717) is 31.0 Å². The average Bonchev–Trinajstić information content (AvgIpc) is 3.18. The molecule has 1 fully saturated rings. The van der Waals surface area contributed by atoms with Crippen LogP contribution in [-0.2, 0) is 22.4 Å². The number of aryl methyl sites for hydroxylation is 1. The summed E-state index contributed by atoms with van der Waals surface area (Å²) >= 11 is 0. The molecule has 1 saturated heterocycles. The van der Waals surface area contributed by atoms with Crippen molar-refractivity contribution in [1.82, 2.24) is 10.2 Å². The second kappa shape index (κ2) is 9.41. The van der Waals surface area contributed by atoms with Crippen LogP contribution in [0.3, 0.4) is 0 Å². The molecule has 2 aromatic carbocycles. The fourth-order valence-electron chi connectivity index (χ4n) is 4.66. The van der Waals surface area contributed by atoms with Gasteiger partial charge in [-0.15, -0.1) is 0 Å². The third-order valence-electron chi connectivity index (χ3n) is 6.39. The van der Waals surface area contributed by atoms with Gasteiger partial charge in [-0.2, -0.15) is 0 Å². The molecule has 2 amide bonds. The monoisotopic (exact) mass is 422 g/mol. The average molecular weight is 423 g/mol. The van der Waals surface area contributed by atoms with Gasteiger partial charge in [-0.1, -0.05) is 30.3 Å². The van der Waals surface area contributed by atoms with Crippen LogP contribution in [0, 0.1) is 5.92 Å². The Kier molecular flexibility index (Phi) is 6.44. The van der Waals surface area contributed by atoms with Gasteiger partial charge in [0.25, 0.3) is 0 Å². The van der Waals surface area contributed by atoms with Gasteiger partial charge in [0.1, 0.15) is 0 Å². The molecule has 0 unspecified atom stereocenters. The molecule has 0 aromatic heterocycles. The minimum atomic E-state index is -0.285. The maximum absolute atomic E-state index is 12.9. The van der Waals surface area contributed by atoms with Gasteiger partial charge in [0.2, 0.25) is 11.8 Å². The Balaban J connectivity index is 1.34. The molecule has 2 atom stereocenters. The van der Waals surface area contributed by atoms with Crippen LogP contribution in [0.5, 0.6) is 11.5 Å². The summed E-state index contributed by atoms with van der Waals surface area (Å²) in [7, 11) is 3.22. The minimum absolute atomic E-state index is 0.0105. The van der Waals surface area contributed by atoms with E-state index < -0.39 is 0 Å². The summed E-state index contributed by atoms with van der Waals surface area (Å²) in [5.74, 6) is 1.11. The maximum atomic E-state index is 12.9.